The van der Waals surface area contributed by atoms with Crippen LogP contribution in [0.2, 0.25) is 0 Å². The van der Waals surface area contributed by atoms with Crippen molar-refractivity contribution in [3.8, 4) is 0 Å². The second-order valence-electron chi connectivity index (χ2n) is 4.99. The van der Waals surface area contributed by atoms with Gasteiger partial charge in [0.05, 0.1) is 4.90 Å². The van der Waals surface area contributed by atoms with E-state index in [0.717, 1.165) is 5.56 Å². The molecular formula is C14H21ClN2O4S. The highest BCUT2D eigenvalue weighted by molar-refractivity contribution is 7.93. The van der Waals surface area contributed by atoms with E-state index in [4.69, 9.17) is 23.1 Å². The van der Waals surface area contributed by atoms with Crippen molar-refractivity contribution >= 4 is 27.4 Å². The fourth-order valence-corrected chi connectivity index (χ4v) is 3.68. The number of ether oxygens (including phenoxy) is 1. The zero-order valence-electron chi connectivity index (χ0n) is 12.4. The van der Waals surface area contributed by atoms with Gasteiger partial charge in [-0.3, -0.25) is 0 Å². The molecule has 0 fully saturated rings. The molecule has 0 saturated carbocycles. The summed E-state index contributed by atoms with van der Waals surface area (Å²) in [6.45, 7) is 2.21. The zero-order chi connectivity index (χ0) is 16.8. The first kappa shape index (κ1) is 18.9. The molecular weight excluding hydrogens is 328 g/mol. The number of unbranched alkanes of at least 4 members (excludes halogenated alkanes) is 1. The minimum absolute atomic E-state index is 0.0279. The fraction of sp³-hybridized carbons (Fsp3) is 0.500. The lowest BCUT2D eigenvalue weighted by Crippen LogP contribution is -2.55. The molecule has 6 nitrogen and oxygen atoms in total. The Kier molecular flexibility index (Phi) is 6.80. The Hall–Kier alpha value is -1.15. The predicted octanol–water partition coefficient (Wildman–Crippen LogP) is 1.29. The molecule has 0 radical (unpaired) electrons. The first-order valence-electron chi connectivity index (χ1n) is 6.83. The largest absolute Gasteiger partial charge is 0.447 e. The summed E-state index contributed by atoms with van der Waals surface area (Å²) in [5.41, 5.74) is 12.3. The highest BCUT2D eigenvalue weighted by atomic mass is 35.5. The van der Waals surface area contributed by atoms with Crippen LogP contribution in [-0.2, 0) is 19.4 Å². The van der Waals surface area contributed by atoms with Gasteiger partial charge in [0.1, 0.15) is 0 Å². The fourth-order valence-electron chi connectivity index (χ4n) is 1.98. The monoisotopic (exact) mass is 348 g/mol. The molecule has 0 amide bonds. The van der Waals surface area contributed by atoms with E-state index in [9.17, 15) is 13.2 Å². The van der Waals surface area contributed by atoms with Crippen molar-refractivity contribution in [2.24, 2.45) is 11.5 Å². The van der Waals surface area contributed by atoms with Crippen molar-refractivity contribution in [2.75, 3.05) is 12.6 Å². The molecule has 8 heteroatoms. The Balaban J connectivity index is 3.23. The van der Waals surface area contributed by atoms with Gasteiger partial charge in [-0.05, 0) is 44.9 Å². The number of carbonyl (C=O) groups excluding carboxylic acids is 1. The van der Waals surface area contributed by atoms with Gasteiger partial charge in [0.25, 0.3) is 0 Å². The number of alkyl halides is 1. The Bertz CT molecular complexity index is 604. The van der Waals surface area contributed by atoms with E-state index in [1.807, 2.05) is 6.92 Å². The van der Waals surface area contributed by atoms with Gasteiger partial charge in [0.15, 0.2) is 6.07 Å². The summed E-state index contributed by atoms with van der Waals surface area (Å²) in [7, 11) is -4.12. The molecule has 1 atom stereocenters. The van der Waals surface area contributed by atoms with Crippen molar-refractivity contribution in [3.63, 3.8) is 0 Å². The van der Waals surface area contributed by atoms with Gasteiger partial charge in [-0.2, -0.15) is 0 Å². The van der Waals surface area contributed by atoms with Gasteiger partial charge in [0.2, 0.25) is 14.7 Å². The van der Waals surface area contributed by atoms with Crippen molar-refractivity contribution in [3.05, 3.63) is 29.8 Å². The summed E-state index contributed by atoms with van der Waals surface area (Å²) in [5.74, 6) is -1.06. The third-order valence-corrected chi connectivity index (χ3v) is 5.68. The molecule has 0 spiro atoms. The van der Waals surface area contributed by atoms with Crippen LogP contribution in [0.5, 0.6) is 0 Å². The predicted molar refractivity (Wildman–Crippen MR) is 85.0 cm³/mol. The lowest BCUT2D eigenvalue weighted by molar-refractivity contribution is -0.144. The summed E-state index contributed by atoms with van der Waals surface area (Å²) in [4.78, 5) is 9.90. The van der Waals surface area contributed by atoms with Gasteiger partial charge in [-0.1, -0.05) is 29.3 Å². The summed E-state index contributed by atoms with van der Waals surface area (Å²) >= 11 is 5.37. The highest BCUT2D eigenvalue weighted by Gasteiger charge is 2.49. The number of benzene rings is 1. The number of nitrogens with two attached hydrogens (primary N) is 2. The number of aryl methyl sites for hydroxylation is 1. The maximum absolute atomic E-state index is 12.8. The molecule has 0 aliphatic carbocycles. The van der Waals surface area contributed by atoms with Crippen LogP contribution in [0.1, 0.15) is 24.8 Å². The SMILES string of the molecule is Cc1ccc(S(=O)(=O)[C@](N)(CCCCN)C(=O)OCCl)cc1. The van der Waals surface area contributed by atoms with Crippen LogP contribution in [-0.4, -0.2) is 31.9 Å². The molecule has 0 aromatic heterocycles. The molecule has 0 saturated heterocycles. The van der Waals surface area contributed by atoms with Gasteiger partial charge < -0.3 is 16.2 Å². The van der Waals surface area contributed by atoms with E-state index in [2.05, 4.69) is 4.74 Å². The van der Waals surface area contributed by atoms with Crippen LogP contribution in [0.4, 0.5) is 0 Å². The lowest BCUT2D eigenvalue weighted by Gasteiger charge is -2.26. The highest BCUT2D eigenvalue weighted by Crippen LogP contribution is 2.28. The number of carbonyl (C=O) groups is 1. The van der Waals surface area contributed by atoms with Gasteiger partial charge in [-0.15, -0.1) is 0 Å². The Morgan fingerprint density at radius 3 is 2.36 bits per heavy atom. The molecule has 4 N–H and O–H groups in total. The minimum Gasteiger partial charge on any atom is -0.447 e. The lowest BCUT2D eigenvalue weighted by atomic mass is 10.1. The molecule has 0 heterocycles. The number of rotatable bonds is 8. The molecule has 1 aromatic rings. The third-order valence-electron chi connectivity index (χ3n) is 3.34. The van der Waals surface area contributed by atoms with Crippen LogP contribution in [0.15, 0.2) is 29.2 Å². The van der Waals surface area contributed by atoms with Crippen molar-refractivity contribution < 1.29 is 17.9 Å². The second kappa shape index (κ2) is 7.92. The Morgan fingerprint density at radius 1 is 1.27 bits per heavy atom. The quantitative estimate of drug-likeness (QED) is 0.416. The molecule has 0 aliphatic rings. The standard InChI is InChI=1S/C14H21ClN2O4S/c1-11-4-6-12(7-5-11)22(19,20)14(17,8-2-3-9-16)13(18)21-10-15/h4-7H,2-3,8-10,16-17H2,1H3/t14-/m1/s1. The average molecular weight is 349 g/mol. The van der Waals surface area contributed by atoms with E-state index >= 15 is 0 Å². The Morgan fingerprint density at radius 2 is 1.86 bits per heavy atom. The molecule has 0 bridgehead atoms. The van der Waals surface area contributed by atoms with E-state index in [1.165, 1.54) is 12.1 Å². The third kappa shape index (κ3) is 3.98. The van der Waals surface area contributed by atoms with Crippen molar-refractivity contribution in [2.45, 2.75) is 36.0 Å². The number of hydrogen-bond donors (Lipinski definition) is 2. The van der Waals surface area contributed by atoms with E-state index in [0.29, 0.717) is 19.4 Å². The van der Waals surface area contributed by atoms with E-state index < -0.39 is 26.7 Å². The minimum atomic E-state index is -4.12. The van der Waals surface area contributed by atoms with Gasteiger partial charge in [0, 0.05) is 0 Å². The van der Waals surface area contributed by atoms with E-state index in [1.54, 1.807) is 12.1 Å². The van der Waals surface area contributed by atoms with Gasteiger partial charge in [-0.25, -0.2) is 13.2 Å². The maximum Gasteiger partial charge on any atom is 0.343 e. The molecule has 124 valence electrons. The number of hydrogen-bond acceptors (Lipinski definition) is 6. The zero-order valence-corrected chi connectivity index (χ0v) is 14.0. The summed E-state index contributed by atoms with van der Waals surface area (Å²) in [6, 6.07) is 5.66. The first-order chi connectivity index (χ1) is 10.3. The number of esters is 1. The Labute approximate surface area is 135 Å². The summed E-state index contributed by atoms with van der Waals surface area (Å²) in [6.07, 6.45) is 0.849. The summed E-state index contributed by atoms with van der Waals surface area (Å²) < 4.78 is 30.2. The number of sulfone groups is 1. The molecule has 0 unspecified atom stereocenters. The van der Waals surface area contributed by atoms with Crippen LogP contribution in [0.3, 0.4) is 0 Å². The molecule has 1 aromatic carbocycles. The smallest absolute Gasteiger partial charge is 0.343 e. The molecule has 1 rings (SSSR count). The average Bonchev–Trinajstić information content (AvgIpc) is 2.47. The molecule has 0 aliphatic heterocycles. The van der Waals surface area contributed by atoms with Crippen LogP contribution < -0.4 is 11.5 Å². The normalized spacial score (nSPS) is 14.4. The topological polar surface area (TPSA) is 112 Å². The van der Waals surface area contributed by atoms with Gasteiger partial charge >= 0.3 is 5.97 Å². The van der Waals surface area contributed by atoms with Crippen molar-refractivity contribution in [1.29, 1.82) is 0 Å². The maximum atomic E-state index is 12.8. The van der Waals surface area contributed by atoms with Crippen LogP contribution in [0, 0.1) is 6.92 Å². The van der Waals surface area contributed by atoms with Crippen LogP contribution in [0.25, 0.3) is 0 Å². The second-order valence-corrected chi connectivity index (χ2v) is 7.42. The molecule has 22 heavy (non-hydrogen) atoms. The van der Waals surface area contributed by atoms with Crippen LogP contribution >= 0.6 is 11.6 Å². The van der Waals surface area contributed by atoms with E-state index in [-0.39, 0.29) is 11.3 Å². The van der Waals surface area contributed by atoms with Crippen molar-refractivity contribution in [1.82, 2.24) is 0 Å². The number of halogens is 1. The summed E-state index contributed by atoms with van der Waals surface area (Å²) in [5, 5.41) is 0. The first-order valence-corrected chi connectivity index (χ1v) is 8.85.